The molecule has 0 atom stereocenters. The molecule has 17 heavy (non-hydrogen) atoms. The number of hydrogen-bond donors (Lipinski definition) is 1. The first-order valence-electron chi connectivity index (χ1n) is 6.24. The minimum absolute atomic E-state index is 0.0963. The van der Waals surface area contributed by atoms with Crippen LogP contribution in [0.1, 0.15) is 18.4 Å². The number of para-hydroxylation sites is 1. The van der Waals surface area contributed by atoms with Gasteiger partial charge in [0.25, 0.3) is 0 Å². The van der Waals surface area contributed by atoms with E-state index in [4.69, 9.17) is 10.5 Å². The van der Waals surface area contributed by atoms with E-state index in [1.165, 1.54) is 5.56 Å². The minimum Gasteiger partial charge on any atom is -0.496 e. The summed E-state index contributed by atoms with van der Waals surface area (Å²) in [5.74, 6) is 0.975. The number of ether oxygens (including phenoxy) is 1. The highest BCUT2D eigenvalue weighted by Gasteiger charge is 2.36. The summed E-state index contributed by atoms with van der Waals surface area (Å²) in [5, 5.41) is 0. The van der Waals surface area contributed by atoms with Gasteiger partial charge in [-0.3, -0.25) is 0 Å². The molecular formula is C14H22N2O. The zero-order chi connectivity index (χ0) is 12.3. The van der Waals surface area contributed by atoms with Crippen LogP contribution in [0, 0.1) is 0 Å². The topological polar surface area (TPSA) is 38.5 Å². The van der Waals surface area contributed by atoms with Crippen molar-refractivity contribution in [2.24, 2.45) is 5.73 Å². The summed E-state index contributed by atoms with van der Waals surface area (Å²) >= 11 is 0. The Morgan fingerprint density at radius 2 is 1.94 bits per heavy atom. The molecule has 0 unspecified atom stereocenters. The SMILES string of the molecule is COc1ccccc1C1(CN)CCN(C)CC1. The molecule has 0 aromatic heterocycles. The summed E-state index contributed by atoms with van der Waals surface area (Å²) in [6.07, 6.45) is 2.22. The van der Waals surface area contributed by atoms with Gasteiger partial charge in [-0.05, 0) is 39.0 Å². The second-order valence-corrected chi connectivity index (χ2v) is 4.99. The third kappa shape index (κ3) is 2.31. The molecule has 0 amide bonds. The molecule has 94 valence electrons. The molecule has 1 aromatic rings. The molecule has 1 heterocycles. The van der Waals surface area contributed by atoms with E-state index in [1.807, 2.05) is 12.1 Å². The van der Waals surface area contributed by atoms with Crippen LogP contribution in [0.5, 0.6) is 5.75 Å². The van der Waals surface area contributed by atoms with Gasteiger partial charge < -0.3 is 15.4 Å². The summed E-state index contributed by atoms with van der Waals surface area (Å²) in [4.78, 5) is 2.36. The van der Waals surface area contributed by atoms with Gasteiger partial charge in [-0.15, -0.1) is 0 Å². The van der Waals surface area contributed by atoms with E-state index in [0.29, 0.717) is 6.54 Å². The van der Waals surface area contributed by atoms with Gasteiger partial charge in [0.1, 0.15) is 5.75 Å². The number of nitrogens with zero attached hydrogens (tertiary/aromatic N) is 1. The molecule has 1 aromatic carbocycles. The summed E-state index contributed by atoms with van der Waals surface area (Å²) in [6, 6.07) is 8.29. The van der Waals surface area contributed by atoms with Crippen LogP contribution in [0.25, 0.3) is 0 Å². The number of nitrogens with two attached hydrogens (primary N) is 1. The molecule has 1 fully saturated rings. The fourth-order valence-electron chi connectivity index (χ4n) is 2.71. The minimum atomic E-state index is 0.0963. The predicted molar refractivity (Wildman–Crippen MR) is 70.5 cm³/mol. The van der Waals surface area contributed by atoms with Crippen LogP contribution in [0.4, 0.5) is 0 Å². The third-order valence-electron chi connectivity index (χ3n) is 4.01. The summed E-state index contributed by atoms with van der Waals surface area (Å²) in [6.45, 7) is 2.91. The molecule has 1 saturated heterocycles. The molecule has 0 bridgehead atoms. The van der Waals surface area contributed by atoms with Gasteiger partial charge in [0.15, 0.2) is 0 Å². The fraction of sp³-hybridized carbons (Fsp3) is 0.571. The second-order valence-electron chi connectivity index (χ2n) is 4.99. The first-order valence-corrected chi connectivity index (χ1v) is 6.24. The van der Waals surface area contributed by atoms with Crippen molar-refractivity contribution in [2.75, 3.05) is 33.8 Å². The van der Waals surface area contributed by atoms with E-state index in [9.17, 15) is 0 Å². The van der Waals surface area contributed by atoms with Gasteiger partial charge in [0.05, 0.1) is 7.11 Å². The second kappa shape index (κ2) is 5.07. The highest BCUT2D eigenvalue weighted by Crippen LogP contribution is 2.39. The van der Waals surface area contributed by atoms with Crippen LogP contribution >= 0.6 is 0 Å². The molecule has 1 aliphatic heterocycles. The average molecular weight is 234 g/mol. The Labute approximate surface area is 104 Å². The van der Waals surface area contributed by atoms with Crippen molar-refractivity contribution in [1.29, 1.82) is 0 Å². The molecule has 3 nitrogen and oxygen atoms in total. The molecule has 0 radical (unpaired) electrons. The van der Waals surface area contributed by atoms with Gasteiger partial charge in [0.2, 0.25) is 0 Å². The Hall–Kier alpha value is -1.06. The maximum Gasteiger partial charge on any atom is 0.122 e. The van der Waals surface area contributed by atoms with Crippen molar-refractivity contribution in [3.8, 4) is 5.75 Å². The zero-order valence-corrected chi connectivity index (χ0v) is 10.8. The number of benzene rings is 1. The Bertz CT molecular complexity index is 370. The van der Waals surface area contributed by atoms with Crippen LogP contribution in [0.2, 0.25) is 0 Å². The van der Waals surface area contributed by atoms with Gasteiger partial charge in [0, 0.05) is 17.5 Å². The first-order chi connectivity index (χ1) is 8.22. The van der Waals surface area contributed by atoms with E-state index in [0.717, 1.165) is 31.7 Å². The highest BCUT2D eigenvalue weighted by atomic mass is 16.5. The Balaban J connectivity index is 2.34. The maximum absolute atomic E-state index is 6.07. The van der Waals surface area contributed by atoms with Crippen molar-refractivity contribution in [3.63, 3.8) is 0 Å². The molecule has 0 aliphatic carbocycles. The van der Waals surface area contributed by atoms with E-state index in [1.54, 1.807) is 7.11 Å². The molecule has 2 N–H and O–H groups in total. The number of piperidine rings is 1. The number of rotatable bonds is 3. The monoisotopic (exact) mass is 234 g/mol. The lowest BCUT2D eigenvalue weighted by molar-refractivity contribution is 0.188. The quantitative estimate of drug-likeness (QED) is 0.863. The number of hydrogen-bond acceptors (Lipinski definition) is 3. The Kier molecular flexibility index (Phi) is 3.69. The van der Waals surface area contributed by atoms with Gasteiger partial charge in [-0.2, -0.15) is 0 Å². The zero-order valence-electron chi connectivity index (χ0n) is 10.8. The lowest BCUT2D eigenvalue weighted by Gasteiger charge is -2.40. The van der Waals surface area contributed by atoms with Crippen molar-refractivity contribution in [1.82, 2.24) is 4.90 Å². The lowest BCUT2D eigenvalue weighted by atomic mass is 9.72. The van der Waals surface area contributed by atoms with Gasteiger partial charge in [-0.25, -0.2) is 0 Å². The normalized spacial score (nSPS) is 20.2. The third-order valence-corrected chi connectivity index (χ3v) is 4.01. The summed E-state index contributed by atoms with van der Waals surface area (Å²) in [5.41, 5.74) is 7.44. The van der Waals surface area contributed by atoms with E-state index < -0.39 is 0 Å². The molecule has 0 spiro atoms. The summed E-state index contributed by atoms with van der Waals surface area (Å²) < 4.78 is 5.48. The van der Waals surface area contributed by atoms with Crippen molar-refractivity contribution in [2.45, 2.75) is 18.3 Å². The van der Waals surface area contributed by atoms with E-state index in [-0.39, 0.29) is 5.41 Å². The van der Waals surface area contributed by atoms with Crippen molar-refractivity contribution < 1.29 is 4.74 Å². The largest absolute Gasteiger partial charge is 0.496 e. The molecular weight excluding hydrogens is 212 g/mol. The molecule has 2 rings (SSSR count). The van der Waals surface area contributed by atoms with Crippen LogP contribution in [0.3, 0.4) is 0 Å². The first kappa shape index (κ1) is 12.4. The van der Waals surface area contributed by atoms with Gasteiger partial charge >= 0.3 is 0 Å². The van der Waals surface area contributed by atoms with E-state index in [2.05, 4.69) is 24.1 Å². The Morgan fingerprint density at radius 1 is 1.29 bits per heavy atom. The molecule has 1 aliphatic rings. The van der Waals surface area contributed by atoms with Crippen molar-refractivity contribution in [3.05, 3.63) is 29.8 Å². The van der Waals surface area contributed by atoms with Crippen molar-refractivity contribution >= 4 is 0 Å². The average Bonchev–Trinajstić information content (AvgIpc) is 2.40. The van der Waals surface area contributed by atoms with Crippen LogP contribution in [0.15, 0.2) is 24.3 Å². The Morgan fingerprint density at radius 3 is 2.53 bits per heavy atom. The molecule has 0 saturated carbocycles. The summed E-state index contributed by atoms with van der Waals surface area (Å²) in [7, 11) is 3.90. The fourth-order valence-corrected chi connectivity index (χ4v) is 2.71. The van der Waals surface area contributed by atoms with Gasteiger partial charge in [-0.1, -0.05) is 18.2 Å². The smallest absolute Gasteiger partial charge is 0.122 e. The molecule has 3 heteroatoms. The number of methoxy groups -OCH3 is 1. The predicted octanol–water partition coefficient (Wildman–Crippen LogP) is 1.62. The lowest BCUT2D eigenvalue weighted by Crippen LogP contribution is -2.45. The van der Waals surface area contributed by atoms with E-state index >= 15 is 0 Å². The maximum atomic E-state index is 6.07. The number of likely N-dealkylation sites (tertiary alicyclic amines) is 1. The van der Waals surface area contributed by atoms with Crippen LogP contribution in [-0.2, 0) is 5.41 Å². The highest BCUT2D eigenvalue weighted by molar-refractivity contribution is 5.40. The van der Waals surface area contributed by atoms with Crippen LogP contribution < -0.4 is 10.5 Å². The standard InChI is InChI=1S/C14H22N2O/c1-16-9-7-14(11-15,8-10-16)12-5-3-4-6-13(12)17-2/h3-6H,7-11,15H2,1-2H3. The van der Waals surface area contributed by atoms with Crippen LogP contribution in [-0.4, -0.2) is 38.7 Å².